The SMILES string of the molecule is OP1(O)(O)OO1.[CaH2].[MgH2]. The standard InChI is InChI=1S/Ca.Mg.H3O5P.4H/c;;1-6(2,3)4-5-6;;;;/h;;1-3H;;;;. The first-order valence-corrected chi connectivity index (χ1v) is 3.06. The monoisotopic (exact) mass is 182 g/mol. The normalized spacial score (nSPS) is 32.1. The van der Waals surface area contributed by atoms with Gasteiger partial charge < -0.3 is 0 Å². The Bertz CT molecular complexity index is 76.2. The van der Waals surface area contributed by atoms with Gasteiger partial charge in [0.25, 0.3) is 0 Å². The van der Waals surface area contributed by atoms with Gasteiger partial charge in [0.1, 0.15) is 0 Å². The van der Waals surface area contributed by atoms with Crippen LogP contribution in [-0.4, -0.2) is 75.5 Å². The second-order valence-corrected chi connectivity index (χ2v) is 2.95. The van der Waals surface area contributed by atoms with Gasteiger partial charge in [-0.2, -0.15) is 0 Å². The van der Waals surface area contributed by atoms with Crippen molar-refractivity contribution >= 4 is 68.5 Å². The molecule has 0 spiro atoms. The molecule has 1 aliphatic heterocycles. The van der Waals surface area contributed by atoms with E-state index in [2.05, 4.69) is 9.35 Å². The maximum Gasteiger partial charge on any atom is 0.316 e. The van der Waals surface area contributed by atoms with Crippen LogP contribution in [0.3, 0.4) is 0 Å². The first kappa shape index (κ1) is 12.9. The Morgan fingerprint density at radius 2 is 1.12 bits per heavy atom. The fourth-order valence-corrected chi connectivity index (χ4v) is 0.402. The minimum absolute atomic E-state index is 0. The van der Waals surface area contributed by atoms with Crippen LogP contribution in [0.1, 0.15) is 0 Å². The molecule has 0 aromatic heterocycles. The van der Waals surface area contributed by atoms with Crippen LogP contribution in [0.4, 0.5) is 0 Å². The Labute approximate surface area is 91.4 Å². The van der Waals surface area contributed by atoms with Crippen LogP contribution in [0.2, 0.25) is 0 Å². The van der Waals surface area contributed by atoms with Crippen molar-refractivity contribution in [2.75, 3.05) is 0 Å². The van der Waals surface area contributed by atoms with Crippen molar-refractivity contribution in [2.45, 2.75) is 0 Å². The van der Waals surface area contributed by atoms with Crippen molar-refractivity contribution in [3.8, 4) is 0 Å². The molecule has 0 amide bonds. The van der Waals surface area contributed by atoms with Gasteiger partial charge in [0, 0.05) is 0 Å². The Morgan fingerprint density at radius 3 is 1.12 bits per heavy atom. The summed E-state index contributed by atoms with van der Waals surface area (Å²) in [6.07, 6.45) is 0. The molecule has 0 radical (unpaired) electrons. The van der Waals surface area contributed by atoms with Gasteiger partial charge in [-0.15, -0.1) is 0 Å². The third-order valence-corrected chi connectivity index (χ3v) is 0.824. The molecule has 3 N–H and O–H groups in total. The van der Waals surface area contributed by atoms with E-state index >= 15 is 0 Å². The molecular formula is H7CaMgO5P. The fraction of sp³-hybridized carbons (Fsp3) is 0. The van der Waals surface area contributed by atoms with E-state index in [9.17, 15) is 0 Å². The molecule has 1 fully saturated rings. The van der Waals surface area contributed by atoms with Crippen LogP contribution in [0.5, 0.6) is 0 Å². The summed E-state index contributed by atoms with van der Waals surface area (Å²) < 4.78 is 6.76. The molecule has 0 bridgehead atoms. The maximum atomic E-state index is 7.89. The summed E-state index contributed by atoms with van der Waals surface area (Å²) in [5.74, 6) is 0. The van der Waals surface area contributed by atoms with E-state index in [1.165, 1.54) is 0 Å². The molecule has 5 nitrogen and oxygen atoms in total. The molecule has 0 aliphatic carbocycles. The molecule has 1 heterocycles. The molecule has 1 rings (SSSR count). The van der Waals surface area contributed by atoms with E-state index in [4.69, 9.17) is 14.7 Å². The number of hydrogen-bond donors (Lipinski definition) is 3. The van der Waals surface area contributed by atoms with E-state index in [0.717, 1.165) is 0 Å². The topological polar surface area (TPSA) is 85.8 Å². The van der Waals surface area contributed by atoms with Gasteiger partial charge in [0.2, 0.25) is 0 Å². The molecule has 46 valence electrons. The van der Waals surface area contributed by atoms with E-state index in [1.54, 1.807) is 0 Å². The zero-order valence-electron chi connectivity index (χ0n) is 2.61. The van der Waals surface area contributed by atoms with Gasteiger partial charge in [0.05, 0.1) is 0 Å². The largest absolute Gasteiger partial charge is 0.316 e. The molecule has 0 saturated carbocycles. The number of rotatable bonds is 0. The summed E-state index contributed by atoms with van der Waals surface area (Å²) >= 11 is 0. The molecule has 0 aromatic rings. The van der Waals surface area contributed by atoms with Crippen molar-refractivity contribution in [3.63, 3.8) is 0 Å². The van der Waals surface area contributed by atoms with E-state index in [-0.39, 0.29) is 60.8 Å². The molecule has 0 unspecified atom stereocenters. The third-order valence-electron chi connectivity index (χ3n) is 0.275. The van der Waals surface area contributed by atoms with Crippen LogP contribution >= 0.6 is 7.74 Å². The van der Waals surface area contributed by atoms with E-state index < -0.39 is 7.74 Å². The van der Waals surface area contributed by atoms with Crippen LogP contribution in [0.15, 0.2) is 0 Å². The average Bonchev–Trinajstić information content (AvgIpc) is 1.73. The molecule has 1 aliphatic rings. The van der Waals surface area contributed by atoms with Crippen molar-refractivity contribution < 1.29 is 24.0 Å². The van der Waals surface area contributed by atoms with Crippen LogP contribution in [0.25, 0.3) is 0 Å². The van der Waals surface area contributed by atoms with Crippen molar-refractivity contribution in [1.29, 1.82) is 0 Å². The first-order valence-electron chi connectivity index (χ1n) is 1.13. The van der Waals surface area contributed by atoms with Gasteiger partial charge in [-0.1, -0.05) is 0 Å². The average molecular weight is 182 g/mol. The summed E-state index contributed by atoms with van der Waals surface area (Å²) in [4.78, 5) is 23.7. The second kappa shape index (κ2) is 3.10. The molecule has 8 heavy (non-hydrogen) atoms. The fourth-order valence-electron chi connectivity index (χ4n) is 0.0447. The third kappa shape index (κ3) is 5.07. The van der Waals surface area contributed by atoms with E-state index in [0.29, 0.717) is 0 Å². The zero-order valence-corrected chi connectivity index (χ0v) is 3.50. The van der Waals surface area contributed by atoms with Gasteiger partial charge in [-0.3, -0.25) is 0 Å². The predicted octanol–water partition coefficient (Wildman–Crippen LogP) is -2.78. The minimum atomic E-state index is -4.80. The second-order valence-electron chi connectivity index (χ2n) is 0.982. The first-order chi connectivity index (χ1) is 2.47. The van der Waals surface area contributed by atoms with Crippen LogP contribution in [-0.2, 0) is 9.35 Å². The summed E-state index contributed by atoms with van der Waals surface area (Å²) in [6, 6.07) is 0. The molecular weight excluding hydrogens is 175 g/mol. The predicted molar refractivity (Wildman–Crippen MR) is 32.8 cm³/mol. The zero-order chi connectivity index (χ0) is 4.86. The maximum absolute atomic E-state index is 7.89. The van der Waals surface area contributed by atoms with Gasteiger partial charge in [-0.25, -0.2) is 0 Å². The molecule has 8 heteroatoms. The Hall–Kier alpha value is 2.26. The van der Waals surface area contributed by atoms with Crippen molar-refractivity contribution in [3.05, 3.63) is 0 Å². The van der Waals surface area contributed by atoms with Gasteiger partial charge in [0.15, 0.2) is 0 Å². The van der Waals surface area contributed by atoms with Crippen LogP contribution < -0.4 is 0 Å². The Morgan fingerprint density at radius 1 is 1.00 bits per heavy atom. The smallest absolute Gasteiger partial charge is 0.316 e. The summed E-state index contributed by atoms with van der Waals surface area (Å²) in [6.45, 7) is 0. The summed E-state index contributed by atoms with van der Waals surface area (Å²) in [7, 11) is -4.80. The minimum Gasteiger partial charge on any atom is 0.316 e. The molecule has 1 saturated heterocycles. The van der Waals surface area contributed by atoms with Crippen molar-refractivity contribution in [2.24, 2.45) is 0 Å². The molecule has 0 atom stereocenters. The quantitative estimate of drug-likeness (QED) is 0.163. The Kier molecular flexibility index (Phi) is 5.00. The molecule has 0 aromatic carbocycles. The van der Waals surface area contributed by atoms with Gasteiger partial charge in [-0.05, 0) is 0 Å². The number of hydrogen-bond acceptors (Lipinski definition) is 5. The Balaban J connectivity index is 0. The van der Waals surface area contributed by atoms with Crippen molar-refractivity contribution in [1.82, 2.24) is 0 Å². The van der Waals surface area contributed by atoms with Gasteiger partial charge >= 0.3 is 92.6 Å². The van der Waals surface area contributed by atoms with E-state index in [1.807, 2.05) is 0 Å². The summed E-state index contributed by atoms with van der Waals surface area (Å²) in [5, 5.41) is 0. The summed E-state index contributed by atoms with van der Waals surface area (Å²) in [5.41, 5.74) is 0. The van der Waals surface area contributed by atoms with Crippen LogP contribution in [0, 0.1) is 0 Å².